The van der Waals surface area contributed by atoms with Gasteiger partial charge in [0.05, 0.1) is 10.6 Å². The van der Waals surface area contributed by atoms with Gasteiger partial charge in [0.15, 0.2) is 5.82 Å². The molecule has 20 heavy (non-hydrogen) atoms. The molecule has 3 heterocycles. The second-order valence-electron chi connectivity index (χ2n) is 4.64. The molecule has 8 heteroatoms. The topological polar surface area (TPSA) is 77.2 Å². The van der Waals surface area contributed by atoms with Gasteiger partial charge in [-0.3, -0.25) is 0 Å². The molecule has 1 aliphatic heterocycles. The van der Waals surface area contributed by atoms with Crippen molar-refractivity contribution in [2.45, 2.75) is 25.5 Å². The first-order valence-electron chi connectivity index (χ1n) is 6.24. The van der Waals surface area contributed by atoms with Crippen LogP contribution in [-0.2, 0) is 4.74 Å². The summed E-state index contributed by atoms with van der Waals surface area (Å²) in [5.41, 5.74) is 0. The predicted molar refractivity (Wildman–Crippen MR) is 74.3 cm³/mol. The summed E-state index contributed by atoms with van der Waals surface area (Å²) in [6.45, 7) is 2.50. The molecule has 0 spiro atoms. The lowest BCUT2D eigenvalue weighted by Crippen LogP contribution is -2.26. The van der Waals surface area contributed by atoms with Gasteiger partial charge in [-0.2, -0.15) is 4.98 Å². The SMILES string of the molecule is COC1CC(c2nc(C)no2)N(c2ncc(Br)cn2)C1. The molecule has 0 amide bonds. The van der Waals surface area contributed by atoms with Gasteiger partial charge in [0.2, 0.25) is 11.8 Å². The first-order chi connectivity index (χ1) is 9.67. The highest BCUT2D eigenvalue weighted by atomic mass is 79.9. The zero-order valence-corrected chi connectivity index (χ0v) is 12.7. The Balaban J connectivity index is 1.91. The Morgan fingerprint density at radius 2 is 2.15 bits per heavy atom. The molecule has 1 aliphatic rings. The number of aromatic nitrogens is 4. The van der Waals surface area contributed by atoms with Crippen molar-refractivity contribution >= 4 is 21.9 Å². The first-order valence-corrected chi connectivity index (χ1v) is 7.04. The van der Waals surface area contributed by atoms with Crippen LogP contribution in [0.15, 0.2) is 21.4 Å². The van der Waals surface area contributed by atoms with E-state index in [0.717, 1.165) is 10.9 Å². The van der Waals surface area contributed by atoms with Crippen molar-refractivity contribution in [1.82, 2.24) is 20.1 Å². The van der Waals surface area contributed by atoms with Crippen LogP contribution in [0.25, 0.3) is 0 Å². The molecule has 2 atom stereocenters. The number of hydrogen-bond acceptors (Lipinski definition) is 7. The molecule has 3 rings (SSSR count). The zero-order chi connectivity index (χ0) is 14.1. The average molecular weight is 340 g/mol. The van der Waals surface area contributed by atoms with Crippen molar-refractivity contribution in [3.8, 4) is 0 Å². The molecule has 106 valence electrons. The fourth-order valence-corrected chi connectivity index (χ4v) is 2.53. The van der Waals surface area contributed by atoms with Crippen LogP contribution in [0.1, 0.15) is 24.2 Å². The van der Waals surface area contributed by atoms with Gasteiger partial charge in [0.25, 0.3) is 0 Å². The van der Waals surface area contributed by atoms with Gasteiger partial charge >= 0.3 is 0 Å². The number of hydrogen-bond donors (Lipinski definition) is 0. The van der Waals surface area contributed by atoms with Crippen LogP contribution < -0.4 is 4.90 Å². The van der Waals surface area contributed by atoms with E-state index < -0.39 is 0 Å². The molecule has 0 N–H and O–H groups in total. The summed E-state index contributed by atoms with van der Waals surface area (Å²) in [5, 5.41) is 3.85. The average Bonchev–Trinajstić information content (AvgIpc) is 3.05. The molecule has 2 aromatic rings. The smallest absolute Gasteiger partial charge is 0.249 e. The highest BCUT2D eigenvalue weighted by Crippen LogP contribution is 2.34. The summed E-state index contributed by atoms with van der Waals surface area (Å²) >= 11 is 3.33. The van der Waals surface area contributed by atoms with Crippen molar-refractivity contribution in [1.29, 1.82) is 0 Å². The zero-order valence-electron chi connectivity index (χ0n) is 11.2. The minimum absolute atomic E-state index is 0.0534. The normalized spacial score (nSPS) is 22.4. The van der Waals surface area contributed by atoms with Crippen molar-refractivity contribution in [2.24, 2.45) is 0 Å². The summed E-state index contributed by atoms with van der Waals surface area (Å²) < 4.78 is 11.6. The minimum Gasteiger partial charge on any atom is -0.380 e. The Kier molecular flexibility index (Phi) is 3.66. The van der Waals surface area contributed by atoms with Gasteiger partial charge in [0.1, 0.15) is 6.04 Å². The number of ether oxygens (including phenoxy) is 1. The van der Waals surface area contributed by atoms with Crippen LogP contribution in [0.3, 0.4) is 0 Å². The maximum atomic E-state index is 5.45. The third-order valence-corrected chi connectivity index (χ3v) is 3.70. The van der Waals surface area contributed by atoms with E-state index in [4.69, 9.17) is 9.26 Å². The number of rotatable bonds is 3. The number of halogens is 1. The number of anilines is 1. The van der Waals surface area contributed by atoms with Gasteiger partial charge < -0.3 is 14.2 Å². The van der Waals surface area contributed by atoms with Gasteiger partial charge in [-0.1, -0.05) is 5.16 Å². The van der Waals surface area contributed by atoms with E-state index in [2.05, 4.69) is 36.0 Å². The number of aryl methyl sites for hydroxylation is 1. The van der Waals surface area contributed by atoms with Crippen LogP contribution in [0, 0.1) is 6.92 Å². The molecule has 1 fully saturated rings. The van der Waals surface area contributed by atoms with Crippen molar-refractivity contribution < 1.29 is 9.26 Å². The Hall–Kier alpha value is -1.54. The van der Waals surface area contributed by atoms with E-state index in [0.29, 0.717) is 24.2 Å². The lowest BCUT2D eigenvalue weighted by atomic mass is 10.2. The van der Waals surface area contributed by atoms with E-state index in [9.17, 15) is 0 Å². The van der Waals surface area contributed by atoms with Crippen LogP contribution in [-0.4, -0.2) is 39.9 Å². The maximum absolute atomic E-state index is 5.45. The van der Waals surface area contributed by atoms with E-state index >= 15 is 0 Å². The van der Waals surface area contributed by atoms with E-state index in [-0.39, 0.29) is 12.1 Å². The third-order valence-electron chi connectivity index (χ3n) is 3.29. The number of nitrogens with zero attached hydrogens (tertiary/aromatic N) is 5. The van der Waals surface area contributed by atoms with E-state index in [1.165, 1.54) is 0 Å². The van der Waals surface area contributed by atoms with Crippen molar-refractivity contribution in [3.63, 3.8) is 0 Å². The minimum atomic E-state index is -0.0534. The lowest BCUT2D eigenvalue weighted by molar-refractivity contribution is 0.117. The molecule has 1 saturated heterocycles. The quantitative estimate of drug-likeness (QED) is 0.844. The van der Waals surface area contributed by atoms with Crippen molar-refractivity contribution in [2.75, 3.05) is 18.6 Å². The molecule has 7 nitrogen and oxygen atoms in total. The fourth-order valence-electron chi connectivity index (χ4n) is 2.33. The lowest BCUT2D eigenvalue weighted by Gasteiger charge is -2.21. The summed E-state index contributed by atoms with van der Waals surface area (Å²) in [4.78, 5) is 15.0. The fraction of sp³-hybridized carbons (Fsp3) is 0.500. The highest BCUT2D eigenvalue weighted by Gasteiger charge is 2.38. The summed E-state index contributed by atoms with van der Waals surface area (Å²) in [6.07, 6.45) is 4.31. The molecule has 0 aromatic carbocycles. The summed E-state index contributed by atoms with van der Waals surface area (Å²) in [7, 11) is 1.70. The Morgan fingerprint density at radius 3 is 2.75 bits per heavy atom. The van der Waals surface area contributed by atoms with Crippen LogP contribution in [0.2, 0.25) is 0 Å². The van der Waals surface area contributed by atoms with Crippen LogP contribution in [0.5, 0.6) is 0 Å². The van der Waals surface area contributed by atoms with Crippen molar-refractivity contribution in [3.05, 3.63) is 28.6 Å². The Morgan fingerprint density at radius 1 is 1.40 bits per heavy atom. The summed E-state index contributed by atoms with van der Waals surface area (Å²) in [5.74, 6) is 1.83. The molecular weight excluding hydrogens is 326 g/mol. The summed E-state index contributed by atoms with van der Waals surface area (Å²) in [6, 6.07) is -0.0534. The molecule has 0 bridgehead atoms. The predicted octanol–water partition coefficient (Wildman–Crippen LogP) is 1.90. The van der Waals surface area contributed by atoms with Crippen LogP contribution >= 0.6 is 15.9 Å². The molecule has 0 radical (unpaired) electrons. The Labute approximate surface area is 124 Å². The van der Waals surface area contributed by atoms with Crippen LogP contribution in [0.4, 0.5) is 5.95 Å². The molecule has 0 saturated carbocycles. The molecular formula is C12H14BrN5O2. The van der Waals surface area contributed by atoms with Gasteiger partial charge in [-0.15, -0.1) is 0 Å². The Bertz CT molecular complexity index is 588. The van der Waals surface area contributed by atoms with Gasteiger partial charge in [-0.25, -0.2) is 9.97 Å². The molecule has 2 unspecified atom stereocenters. The second kappa shape index (κ2) is 5.45. The standard InChI is InChI=1S/C12H14BrN5O2/c1-7-16-11(20-17-7)10-3-9(19-2)6-18(10)12-14-4-8(13)5-15-12/h4-5,9-10H,3,6H2,1-2H3. The monoisotopic (exact) mass is 339 g/mol. The first kappa shape index (κ1) is 13.4. The second-order valence-corrected chi connectivity index (χ2v) is 5.56. The van der Waals surface area contributed by atoms with Gasteiger partial charge in [0, 0.05) is 32.5 Å². The third kappa shape index (κ3) is 2.53. The number of methoxy groups -OCH3 is 1. The molecule has 2 aromatic heterocycles. The molecule has 0 aliphatic carbocycles. The largest absolute Gasteiger partial charge is 0.380 e. The van der Waals surface area contributed by atoms with E-state index in [1.54, 1.807) is 26.4 Å². The maximum Gasteiger partial charge on any atom is 0.249 e. The highest BCUT2D eigenvalue weighted by molar-refractivity contribution is 9.10. The van der Waals surface area contributed by atoms with Gasteiger partial charge in [-0.05, 0) is 22.9 Å². The van der Waals surface area contributed by atoms with E-state index in [1.807, 2.05) is 4.90 Å².